The second-order valence-electron chi connectivity index (χ2n) is 5.01. The van der Waals surface area contributed by atoms with Crippen molar-refractivity contribution in [2.75, 3.05) is 6.54 Å². The quantitative estimate of drug-likeness (QED) is 0.912. The predicted molar refractivity (Wildman–Crippen MR) is 80.6 cm³/mol. The summed E-state index contributed by atoms with van der Waals surface area (Å²) in [5.41, 5.74) is 3.66. The predicted octanol–water partition coefficient (Wildman–Crippen LogP) is 3.62. The molecule has 1 aromatic heterocycles. The fourth-order valence-electron chi connectivity index (χ4n) is 2.25. The Balaban J connectivity index is 1.92. The first-order valence-corrected chi connectivity index (χ1v) is 7.62. The van der Waals surface area contributed by atoms with Crippen LogP contribution in [0, 0.1) is 0 Å². The molecule has 1 heterocycles. The van der Waals surface area contributed by atoms with Crippen LogP contribution < -0.4 is 5.32 Å². The van der Waals surface area contributed by atoms with Gasteiger partial charge in [-0.15, -0.1) is 0 Å². The Hall–Kier alpha value is -1.13. The molecular formula is C15H18BrN3. The van der Waals surface area contributed by atoms with Gasteiger partial charge in [-0.05, 0) is 49.2 Å². The average Bonchev–Trinajstić information content (AvgIpc) is 3.15. The Morgan fingerprint density at radius 1 is 1.37 bits per heavy atom. The number of rotatable bonds is 5. The second-order valence-corrected chi connectivity index (χ2v) is 5.93. The number of hydrogen-bond donors (Lipinski definition) is 1. The third-order valence-electron chi connectivity index (χ3n) is 3.46. The number of nitrogens with zero attached hydrogens (tertiary/aromatic N) is 2. The van der Waals surface area contributed by atoms with Crippen molar-refractivity contribution in [3.8, 4) is 5.69 Å². The van der Waals surface area contributed by atoms with Gasteiger partial charge >= 0.3 is 0 Å². The molecule has 1 N–H and O–H groups in total. The smallest absolute Gasteiger partial charge is 0.0691 e. The zero-order chi connectivity index (χ0) is 13.2. The molecule has 2 aromatic rings. The van der Waals surface area contributed by atoms with E-state index < -0.39 is 0 Å². The van der Waals surface area contributed by atoms with Crippen molar-refractivity contribution in [3.63, 3.8) is 0 Å². The van der Waals surface area contributed by atoms with Crippen molar-refractivity contribution in [1.82, 2.24) is 15.1 Å². The molecule has 0 aliphatic heterocycles. The molecule has 1 aliphatic rings. The van der Waals surface area contributed by atoms with E-state index in [-0.39, 0.29) is 0 Å². The first-order chi connectivity index (χ1) is 9.28. The molecule has 4 heteroatoms. The van der Waals surface area contributed by atoms with E-state index in [0.29, 0.717) is 5.92 Å². The highest BCUT2D eigenvalue weighted by atomic mass is 79.9. The van der Waals surface area contributed by atoms with Gasteiger partial charge in [-0.3, -0.25) is 0 Å². The maximum atomic E-state index is 4.71. The molecule has 0 spiro atoms. The van der Waals surface area contributed by atoms with E-state index in [0.717, 1.165) is 23.2 Å². The van der Waals surface area contributed by atoms with Gasteiger partial charge in [0.1, 0.15) is 0 Å². The van der Waals surface area contributed by atoms with Gasteiger partial charge in [0.2, 0.25) is 0 Å². The Morgan fingerprint density at radius 3 is 2.95 bits per heavy atom. The minimum absolute atomic E-state index is 0.703. The van der Waals surface area contributed by atoms with Crippen molar-refractivity contribution in [3.05, 3.63) is 46.2 Å². The SMILES string of the molecule is CCNCc1cc(Br)ccc1-n1ccc(C2CC2)n1. The van der Waals surface area contributed by atoms with E-state index in [4.69, 9.17) is 5.10 Å². The fraction of sp³-hybridized carbons (Fsp3) is 0.400. The van der Waals surface area contributed by atoms with Crippen molar-refractivity contribution in [2.45, 2.75) is 32.2 Å². The minimum atomic E-state index is 0.703. The normalized spacial score (nSPS) is 14.8. The van der Waals surface area contributed by atoms with Crippen LogP contribution in [-0.4, -0.2) is 16.3 Å². The second kappa shape index (κ2) is 5.47. The molecule has 0 atom stereocenters. The summed E-state index contributed by atoms with van der Waals surface area (Å²) in [4.78, 5) is 0. The Labute approximate surface area is 122 Å². The van der Waals surface area contributed by atoms with E-state index in [9.17, 15) is 0 Å². The molecule has 19 heavy (non-hydrogen) atoms. The molecule has 0 bridgehead atoms. The van der Waals surface area contributed by atoms with Crippen LogP contribution in [0.2, 0.25) is 0 Å². The lowest BCUT2D eigenvalue weighted by Gasteiger charge is -2.10. The largest absolute Gasteiger partial charge is 0.313 e. The number of halogens is 1. The van der Waals surface area contributed by atoms with E-state index in [1.165, 1.54) is 24.1 Å². The van der Waals surface area contributed by atoms with E-state index in [1.54, 1.807) is 0 Å². The summed E-state index contributed by atoms with van der Waals surface area (Å²) in [6.45, 7) is 3.96. The lowest BCUT2D eigenvalue weighted by atomic mass is 10.2. The van der Waals surface area contributed by atoms with Crippen LogP contribution in [0.25, 0.3) is 5.69 Å². The third-order valence-corrected chi connectivity index (χ3v) is 3.95. The molecular weight excluding hydrogens is 302 g/mol. The van der Waals surface area contributed by atoms with Crippen molar-refractivity contribution in [2.24, 2.45) is 0 Å². The number of nitrogens with one attached hydrogen (secondary N) is 1. The van der Waals surface area contributed by atoms with Gasteiger partial charge in [0, 0.05) is 23.1 Å². The van der Waals surface area contributed by atoms with Crippen molar-refractivity contribution >= 4 is 15.9 Å². The third kappa shape index (κ3) is 2.90. The van der Waals surface area contributed by atoms with Crippen LogP contribution in [0.15, 0.2) is 34.9 Å². The van der Waals surface area contributed by atoms with Gasteiger partial charge in [-0.25, -0.2) is 4.68 Å². The molecule has 1 fully saturated rings. The van der Waals surface area contributed by atoms with Crippen LogP contribution in [0.1, 0.15) is 36.9 Å². The lowest BCUT2D eigenvalue weighted by molar-refractivity contribution is 0.715. The maximum Gasteiger partial charge on any atom is 0.0691 e. The molecule has 0 radical (unpaired) electrons. The molecule has 1 aromatic carbocycles. The van der Waals surface area contributed by atoms with Crippen LogP contribution in [0.3, 0.4) is 0 Å². The summed E-state index contributed by atoms with van der Waals surface area (Å²) in [7, 11) is 0. The van der Waals surface area contributed by atoms with Crippen molar-refractivity contribution in [1.29, 1.82) is 0 Å². The highest BCUT2D eigenvalue weighted by Gasteiger charge is 2.26. The van der Waals surface area contributed by atoms with Gasteiger partial charge in [0.15, 0.2) is 0 Å². The first kappa shape index (κ1) is 12.9. The number of benzene rings is 1. The maximum absolute atomic E-state index is 4.71. The average molecular weight is 320 g/mol. The summed E-state index contributed by atoms with van der Waals surface area (Å²) < 4.78 is 3.12. The molecule has 100 valence electrons. The molecule has 1 saturated carbocycles. The summed E-state index contributed by atoms with van der Waals surface area (Å²) in [5.74, 6) is 0.703. The molecule has 3 rings (SSSR count). The monoisotopic (exact) mass is 319 g/mol. The first-order valence-electron chi connectivity index (χ1n) is 6.83. The van der Waals surface area contributed by atoms with E-state index in [1.807, 2.05) is 4.68 Å². The molecule has 0 amide bonds. The molecule has 0 unspecified atom stereocenters. The van der Waals surface area contributed by atoms with Gasteiger partial charge < -0.3 is 5.32 Å². The molecule has 1 aliphatic carbocycles. The Morgan fingerprint density at radius 2 is 2.21 bits per heavy atom. The van der Waals surface area contributed by atoms with Crippen LogP contribution in [0.4, 0.5) is 0 Å². The summed E-state index contributed by atoms with van der Waals surface area (Å²) in [6, 6.07) is 8.51. The van der Waals surface area contributed by atoms with Crippen LogP contribution >= 0.6 is 15.9 Å². The van der Waals surface area contributed by atoms with E-state index in [2.05, 4.69) is 58.6 Å². The highest BCUT2D eigenvalue weighted by Crippen LogP contribution is 2.39. The summed E-state index contributed by atoms with van der Waals surface area (Å²) >= 11 is 3.54. The zero-order valence-corrected chi connectivity index (χ0v) is 12.7. The fourth-order valence-corrected chi connectivity index (χ4v) is 2.66. The standard InChI is InChI=1S/C15H18BrN3/c1-2-17-10-12-9-13(16)5-6-15(12)19-8-7-14(18-19)11-3-4-11/h5-9,11,17H,2-4,10H2,1H3. The van der Waals surface area contributed by atoms with Gasteiger partial charge in [-0.2, -0.15) is 5.10 Å². The van der Waals surface area contributed by atoms with Gasteiger partial charge in [0.05, 0.1) is 11.4 Å². The van der Waals surface area contributed by atoms with Crippen LogP contribution in [-0.2, 0) is 6.54 Å². The lowest BCUT2D eigenvalue weighted by Crippen LogP contribution is -2.14. The molecule has 3 nitrogen and oxygen atoms in total. The zero-order valence-electron chi connectivity index (χ0n) is 11.1. The highest BCUT2D eigenvalue weighted by molar-refractivity contribution is 9.10. The van der Waals surface area contributed by atoms with Crippen LogP contribution in [0.5, 0.6) is 0 Å². The molecule has 0 saturated heterocycles. The number of hydrogen-bond acceptors (Lipinski definition) is 2. The van der Waals surface area contributed by atoms with Gasteiger partial charge in [-0.1, -0.05) is 22.9 Å². The van der Waals surface area contributed by atoms with E-state index >= 15 is 0 Å². The van der Waals surface area contributed by atoms with Crippen molar-refractivity contribution < 1.29 is 0 Å². The Kier molecular flexibility index (Phi) is 3.71. The topological polar surface area (TPSA) is 29.9 Å². The number of aromatic nitrogens is 2. The summed E-state index contributed by atoms with van der Waals surface area (Å²) in [6.07, 6.45) is 4.66. The summed E-state index contributed by atoms with van der Waals surface area (Å²) in [5, 5.41) is 8.10. The van der Waals surface area contributed by atoms with Gasteiger partial charge in [0.25, 0.3) is 0 Å². The minimum Gasteiger partial charge on any atom is -0.313 e. The Bertz CT molecular complexity index is 573.